The average Bonchev–Trinajstić information content (AvgIpc) is 2.55. The van der Waals surface area contributed by atoms with Gasteiger partial charge in [-0.3, -0.25) is 9.36 Å². The minimum absolute atomic E-state index is 0.142. The van der Waals surface area contributed by atoms with Crippen molar-refractivity contribution >= 4 is 11.8 Å². The molecule has 3 rings (SSSR count). The summed E-state index contributed by atoms with van der Waals surface area (Å²) in [6.07, 6.45) is 0.937. The van der Waals surface area contributed by atoms with Crippen molar-refractivity contribution in [3.63, 3.8) is 0 Å². The molecule has 0 fully saturated rings. The molecule has 0 aliphatic carbocycles. The van der Waals surface area contributed by atoms with E-state index < -0.39 is 0 Å². The average molecular weight is 311 g/mol. The monoisotopic (exact) mass is 311 g/mol. The molecule has 0 amide bonds. The molecule has 1 aliphatic heterocycles. The Hall–Kier alpha value is -2.06. The molecule has 1 aromatic heterocycles. The third kappa shape index (κ3) is 2.55. The zero-order chi connectivity index (χ0) is 15.7. The van der Waals surface area contributed by atoms with Crippen molar-refractivity contribution in [2.75, 3.05) is 5.75 Å². The van der Waals surface area contributed by atoms with Crippen molar-refractivity contribution in [2.24, 2.45) is 0 Å². The highest BCUT2D eigenvalue weighted by atomic mass is 32.2. The van der Waals surface area contributed by atoms with E-state index in [1.54, 1.807) is 16.3 Å². The molecule has 112 valence electrons. The fourth-order valence-corrected chi connectivity index (χ4v) is 3.51. The van der Waals surface area contributed by atoms with Gasteiger partial charge in [0.25, 0.3) is 5.56 Å². The van der Waals surface area contributed by atoms with Gasteiger partial charge in [-0.2, -0.15) is 5.26 Å². The van der Waals surface area contributed by atoms with Gasteiger partial charge in [0.05, 0.1) is 5.69 Å². The van der Waals surface area contributed by atoms with Gasteiger partial charge in [-0.15, -0.1) is 0 Å². The molecule has 2 aromatic rings. The van der Waals surface area contributed by atoms with Crippen LogP contribution >= 0.6 is 11.8 Å². The van der Waals surface area contributed by atoms with Crippen LogP contribution in [0.25, 0.3) is 11.3 Å². The second-order valence-corrected chi connectivity index (χ2v) is 6.73. The molecule has 0 saturated carbocycles. The minimum Gasteiger partial charge on any atom is -0.286 e. The summed E-state index contributed by atoms with van der Waals surface area (Å²) in [7, 11) is 0. The van der Waals surface area contributed by atoms with Gasteiger partial charge in [0.15, 0.2) is 5.16 Å². The Morgan fingerprint density at radius 1 is 1.32 bits per heavy atom. The molecule has 2 heterocycles. The number of rotatable bonds is 2. The summed E-state index contributed by atoms with van der Waals surface area (Å²) >= 11 is 1.58. The van der Waals surface area contributed by atoms with Crippen molar-refractivity contribution in [1.29, 1.82) is 5.26 Å². The molecule has 0 radical (unpaired) electrons. The van der Waals surface area contributed by atoms with Crippen LogP contribution in [0.1, 0.15) is 37.3 Å². The Bertz CT molecular complexity index is 800. The van der Waals surface area contributed by atoms with Crippen LogP contribution in [0.4, 0.5) is 0 Å². The normalized spacial score (nSPS) is 13.7. The molecule has 0 unspecified atom stereocenters. The van der Waals surface area contributed by atoms with Crippen LogP contribution in [-0.2, 0) is 6.54 Å². The van der Waals surface area contributed by atoms with Crippen LogP contribution in [0, 0.1) is 11.3 Å². The van der Waals surface area contributed by atoms with Crippen molar-refractivity contribution in [1.82, 2.24) is 9.55 Å². The lowest BCUT2D eigenvalue weighted by molar-refractivity contribution is 0.562. The summed E-state index contributed by atoms with van der Waals surface area (Å²) < 4.78 is 1.62. The highest BCUT2D eigenvalue weighted by Gasteiger charge is 2.20. The first-order valence-electron chi connectivity index (χ1n) is 7.40. The van der Waals surface area contributed by atoms with Crippen LogP contribution in [0.2, 0.25) is 0 Å². The lowest BCUT2D eigenvalue weighted by atomic mass is 9.99. The Labute approximate surface area is 133 Å². The number of hydrogen-bond acceptors (Lipinski definition) is 4. The summed E-state index contributed by atoms with van der Waals surface area (Å²) in [5, 5.41) is 10.1. The largest absolute Gasteiger partial charge is 0.286 e. The van der Waals surface area contributed by atoms with E-state index in [1.807, 2.05) is 30.3 Å². The lowest BCUT2D eigenvalue weighted by Crippen LogP contribution is -2.28. The number of fused-ring (bicyclic) bond motifs is 1. The van der Waals surface area contributed by atoms with Crippen molar-refractivity contribution in [2.45, 2.75) is 37.9 Å². The summed E-state index contributed by atoms with van der Waals surface area (Å²) in [5.74, 6) is 1.41. The van der Waals surface area contributed by atoms with E-state index in [2.05, 4.69) is 18.8 Å². The molecule has 0 N–H and O–H groups in total. The molecule has 0 atom stereocenters. The topological polar surface area (TPSA) is 58.7 Å². The quantitative estimate of drug-likeness (QED) is 0.798. The second-order valence-electron chi connectivity index (χ2n) is 5.67. The van der Waals surface area contributed by atoms with E-state index in [-0.39, 0.29) is 11.1 Å². The van der Waals surface area contributed by atoms with Gasteiger partial charge in [0.1, 0.15) is 11.6 Å². The van der Waals surface area contributed by atoms with Crippen LogP contribution < -0.4 is 5.56 Å². The van der Waals surface area contributed by atoms with Crippen molar-refractivity contribution in [3.05, 3.63) is 45.7 Å². The molecule has 4 nitrogen and oxygen atoms in total. The minimum atomic E-state index is -0.220. The zero-order valence-electron chi connectivity index (χ0n) is 12.7. The van der Waals surface area contributed by atoms with E-state index in [4.69, 9.17) is 0 Å². The molecule has 0 spiro atoms. The lowest BCUT2D eigenvalue weighted by Gasteiger charge is -2.18. The molecular weight excluding hydrogens is 294 g/mol. The maximum Gasteiger partial charge on any atom is 0.272 e. The summed E-state index contributed by atoms with van der Waals surface area (Å²) in [6.45, 7) is 4.92. The van der Waals surface area contributed by atoms with Crippen molar-refractivity contribution < 1.29 is 0 Å². The molecular formula is C17H17N3OS. The zero-order valence-corrected chi connectivity index (χ0v) is 13.5. The number of hydrogen-bond donors (Lipinski definition) is 0. The predicted octanol–water partition coefficient (Wildman–Crippen LogP) is 3.40. The molecule has 0 saturated heterocycles. The number of aromatic nitrogens is 2. The number of thioether (sulfide) groups is 1. The highest BCUT2D eigenvalue weighted by molar-refractivity contribution is 7.99. The van der Waals surface area contributed by atoms with Gasteiger partial charge in [-0.25, -0.2) is 4.98 Å². The number of nitrogens with zero attached hydrogens (tertiary/aromatic N) is 3. The Balaban J connectivity index is 2.16. The van der Waals surface area contributed by atoms with Crippen LogP contribution in [0.3, 0.4) is 0 Å². The maximum atomic E-state index is 12.5. The van der Waals surface area contributed by atoms with Gasteiger partial charge >= 0.3 is 0 Å². The van der Waals surface area contributed by atoms with Gasteiger partial charge < -0.3 is 0 Å². The van der Waals surface area contributed by atoms with Crippen LogP contribution in [-0.4, -0.2) is 15.3 Å². The number of nitriles is 1. The SMILES string of the molecule is CC(C)c1ccc(-c2nc3n(c(=O)c2C#N)CCCS3)cc1. The molecule has 0 bridgehead atoms. The standard InChI is InChI=1S/C17H17N3OS/c1-11(2)12-4-6-13(7-5-12)15-14(10-18)16(21)20-8-3-9-22-17(20)19-15/h4-7,11H,3,8-9H2,1-2H3. The van der Waals surface area contributed by atoms with E-state index >= 15 is 0 Å². The highest BCUT2D eigenvalue weighted by Crippen LogP contribution is 2.27. The smallest absolute Gasteiger partial charge is 0.272 e. The van der Waals surface area contributed by atoms with Crippen LogP contribution in [0.15, 0.2) is 34.2 Å². The molecule has 1 aliphatic rings. The fraction of sp³-hybridized carbons (Fsp3) is 0.353. The Kier molecular flexibility index (Phi) is 4.04. The Morgan fingerprint density at radius 2 is 2.05 bits per heavy atom. The van der Waals surface area contributed by atoms with Gasteiger partial charge in [0, 0.05) is 17.9 Å². The molecule has 5 heteroatoms. The van der Waals surface area contributed by atoms with E-state index in [0.29, 0.717) is 18.2 Å². The first-order valence-corrected chi connectivity index (χ1v) is 8.38. The molecule has 22 heavy (non-hydrogen) atoms. The molecule has 1 aromatic carbocycles. The fourth-order valence-electron chi connectivity index (χ4n) is 2.56. The third-order valence-electron chi connectivity index (χ3n) is 3.85. The van der Waals surface area contributed by atoms with Crippen molar-refractivity contribution in [3.8, 4) is 17.3 Å². The van der Waals surface area contributed by atoms with E-state index in [0.717, 1.165) is 22.9 Å². The second kappa shape index (κ2) is 5.98. The van der Waals surface area contributed by atoms with E-state index in [1.165, 1.54) is 5.56 Å². The summed E-state index contributed by atoms with van der Waals surface area (Å²) in [6, 6.07) is 10.0. The maximum absolute atomic E-state index is 12.5. The first kappa shape index (κ1) is 14.9. The van der Waals surface area contributed by atoms with Gasteiger partial charge in [0.2, 0.25) is 0 Å². The number of benzene rings is 1. The summed E-state index contributed by atoms with van der Waals surface area (Å²) in [5.41, 5.74) is 2.48. The Morgan fingerprint density at radius 3 is 2.68 bits per heavy atom. The predicted molar refractivity (Wildman–Crippen MR) is 88.1 cm³/mol. The van der Waals surface area contributed by atoms with Gasteiger partial charge in [-0.05, 0) is 17.9 Å². The van der Waals surface area contributed by atoms with E-state index in [9.17, 15) is 10.1 Å². The first-order chi connectivity index (χ1) is 10.6. The van der Waals surface area contributed by atoms with Crippen LogP contribution in [0.5, 0.6) is 0 Å². The third-order valence-corrected chi connectivity index (χ3v) is 4.92. The summed E-state index contributed by atoms with van der Waals surface area (Å²) in [4.78, 5) is 17.1. The van der Waals surface area contributed by atoms with Gasteiger partial charge in [-0.1, -0.05) is 49.9 Å².